The maximum atomic E-state index is 12.2. The second kappa shape index (κ2) is 5.52. The minimum Gasteiger partial charge on any atom is -0.351 e. The maximum Gasteiger partial charge on any atom is 0.263 e. The van der Waals surface area contributed by atoms with Gasteiger partial charge in [-0.25, -0.2) is 0 Å². The zero-order valence-electron chi connectivity index (χ0n) is 14.8. The Morgan fingerprint density at radius 1 is 1.23 bits per heavy atom. The fourth-order valence-corrected chi connectivity index (χ4v) is 3.35. The third-order valence-electron chi connectivity index (χ3n) is 5.32. The fraction of sp³-hybridized carbons (Fsp3) is 0.471. The van der Waals surface area contributed by atoms with Gasteiger partial charge in [-0.15, -0.1) is 5.10 Å². The van der Waals surface area contributed by atoms with Gasteiger partial charge in [-0.1, -0.05) is 0 Å². The summed E-state index contributed by atoms with van der Waals surface area (Å²) in [4.78, 5) is 23.8. The van der Waals surface area contributed by atoms with Crippen molar-refractivity contribution in [3.63, 3.8) is 0 Å². The lowest BCUT2D eigenvalue weighted by Crippen LogP contribution is -2.59. The van der Waals surface area contributed by atoms with Gasteiger partial charge in [0.1, 0.15) is 5.39 Å². The fourth-order valence-electron chi connectivity index (χ4n) is 3.35. The van der Waals surface area contributed by atoms with Gasteiger partial charge in [0.25, 0.3) is 5.56 Å². The second-order valence-electron chi connectivity index (χ2n) is 7.16. The van der Waals surface area contributed by atoms with E-state index in [1.54, 1.807) is 17.9 Å². The topological polar surface area (TPSA) is 95.8 Å². The van der Waals surface area contributed by atoms with E-state index in [0.717, 1.165) is 24.6 Å². The molecule has 1 N–H and O–H groups in total. The van der Waals surface area contributed by atoms with Crippen LogP contribution in [0.4, 0.5) is 11.8 Å². The van der Waals surface area contributed by atoms with E-state index in [0.29, 0.717) is 22.9 Å². The number of fused-ring (bicyclic) bond motifs is 1. The molecule has 5 rings (SSSR count). The smallest absolute Gasteiger partial charge is 0.263 e. The van der Waals surface area contributed by atoms with Gasteiger partial charge < -0.3 is 9.80 Å². The van der Waals surface area contributed by atoms with Crippen molar-refractivity contribution in [2.45, 2.75) is 24.8 Å². The normalized spacial score (nSPS) is 17.5. The highest BCUT2D eigenvalue weighted by Gasteiger charge is 2.33. The molecule has 0 spiro atoms. The van der Waals surface area contributed by atoms with Crippen molar-refractivity contribution < 1.29 is 0 Å². The summed E-state index contributed by atoms with van der Waals surface area (Å²) in [6.07, 6.45) is 4.01. The summed E-state index contributed by atoms with van der Waals surface area (Å²) in [5, 5.41) is 13.3. The van der Waals surface area contributed by atoms with Gasteiger partial charge in [-0.3, -0.25) is 14.5 Å². The molecule has 134 valence electrons. The SMILES string of the molecule is CN(c1nc2c(cnn2C)c(=O)[nH]1)C1CN(c2ccc(C3CC3)nn2)C1. The van der Waals surface area contributed by atoms with Crippen LogP contribution in [0, 0.1) is 0 Å². The molecule has 1 saturated heterocycles. The average molecular weight is 352 g/mol. The van der Waals surface area contributed by atoms with E-state index in [9.17, 15) is 4.79 Å². The number of nitrogens with zero attached hydrogens (tertiary/aromatic N) is 7. The van der Waals surface area contributed by atoms with E-state index in [-0.39, 0.29) is 11.6 Å². The van der Waals surface area contributed by atoms with E-state index in [2.05, 4.69) is 42.3 Å². The summed E-state index contributed by atoms with van der Waals surface area (Å²) >= 11 is 0. The number of H-pyrrole nitrogens is 1. The zero-order chi connectivity index (χ0) is 17.8. The number of anilines is 2. The van der Waals surface area contributed by atoms with Crippen molar-refractivity contribution in [3.8, 4) is 0 Å². The highest BCUT2D eigenvalue weighted by atomic mass is 16.1. The van der Waals surface area contributed by atoms with Crippen LogP contribution in [0.5, 0.6) is 0 Å². The third-order valence-corrected chi connectivity index (χ3v) is 5.32. The molecule has 3 aromatic heterocycles. The molecule has 0 bridgehead atoms. The van der Waals surface area contributed by atoms with Crippen LogP contribution in [0.25, 0.3) is 11.0 Å². The Morgan fingerprint density at radius 2 is 2.04 bits per heavy atom. The summed E-state index contributed by atoms with van der Waals surface area (Å²) < 4.78 is 1.62. The molecule has 3 aromatic rings. The molecule has 0 amide bonds. The van der Waals surface area contributed by atoms with Crippen LogP contribution >= 0.6 is 0 Å². The standard InChI is InChI=1S/C17H20N8O/c1-23(17-19-15-12(16(26)20-17)7-18-24(15)2)11-8-25(9-11)14-6-5-13(21-22-14)10-3-4-10/h5-7,10-11H,3-4,8-9H2,1-2H3,(H,19,20,26). The molecule has 1 saturated carbocycles. The predicted molar refractivity (Wildman–Crippen MR) is 97.5 cm³/mol. The highest BCUT2D eigenvalue weighted by Crippen LogP contribution is 2.38. The van der Waals surface area contributed by atoms with Crippen molar-refractivity contribution in [2.75, 3.05) is 29.9 Å². The summed E-state index contributed by atoms with van der Waals surface area (Å²) in [6.45, 7) is 1.64. The van der Waals surface area contributed by atoms with Crippen LogP contribution in [-0.2, 0) is 7.05 Å². The van der Waals surface area contributed by atoms with Gasteiger partial charge in [0, 0.05) is 33.1 Å². The molecule has 0 unspecified atom stereocenters. The van der Waals surface area contributed by atoms with Crippen LogP contribution < -0.4 is 15.4 Å². The number of hydrogen-bond donors (Lipinski definition) is 1. The first kappa shape index (κ1) is 15.3. The largest absolute Gasteiger partial charge is 0.351 e. The summed E-state index contributed by atoms with van der Waals surface area (Å²) in [7, 11) is 3.73. The number of hydrogen-bond acceptors (Lipinski definition) is 7. The van der Waals surface area contributed by atoms with Crippen LogP contribution in [0.15, 0.2) is 23.1 Å². The van der Waals surface area contributed by atoms with Crippen LogP contribution in [0.3, 0.4) is 0 Å². The molecule has 4 heterocycles. The Labute approximate surface area is 149 Å². The van der Waals surface area contributed by atoms with Crippen molar-refractivity contribution in [3.05, 3.63) is 34.4 Å². The zero-order valence-corrected chi connectivity index (χ0v) is 14.8. The molecule has 2 aliphatic rings. The number of aromatic nitrogens is 6. The molecule has 0 aromatic carbocycles. The Kier molecular flexibility index (Phi) is 3.25. The molecule has 2 fully saturated rings. The van der Waals surface area contributed by atoms with Crippen LogP contribution in [0.1, 0.15) is 24.5 Å². The first-order valence-corrected chi connectivity index (χ1v) is 8.83. The summed E-state index contributed by atoms with van der Waals surface area (Å²) in [5.41, 5.74) is 1.53. The Morgan fingerprint density at radius 3 is 2.73 bits per heavy atom. The van der Waals surface area contributed by atoms with Crippen molar-refractivity contribution >= 4 is 22.8 Å². The monoisotopic (exact) mass is 352 g/mol. The number of rotatable bonds is 4. The summed E-state index contributed by atoms with van der Waals surface area (Å²) in [5.74, 6) is 2.09. The number of aryl methyl sites for hydroxylation is 1. The molecular formula is C17H20N8O. The first-order valence-electron chi connectivity index (χ1n) is 8.83. The van der Waals surface area contributed by atoms with Crippen molar-refractivity contribution in [1.29, 1.82) is 0 Å². The van der Waals surface area contributed by atoms with E-state index < -0.39 is 0 Å². The molecule has 1 aliphatic heterocycles. The lowest BCUT2D eigenvalue weighted by atomic mass is 10.1. The van der Waals surface area contributed by atoms with E-state index >= 15 is 0 Å². The molecule has 9 heteroatoms. The lowest BCUT2D eigenvalue weighted by molar-refractivity contribution is 0.484. The average Bonchev–Trinajstić information content (AvgIpc) is 3.38. The number of nitrogens with one attached hydrogen (secondary N) is 1. The molecule has 0 atom stereocenters. The van der Waals surface area contributed by atoms with E-state index in [1.807, 2.05) is 11.9 Å². The molecular weight excluding hydrogens is 332 g/mol. The first-order chi connectivity index (χ1) is 12.6. The lowest BCUT2D eigenvalue weighted by Gasteiger charge is -2.44. The molecule has 1 aliphatic carbocycles. The van der Waals surface area contributed by atoms with Gasteiger partial charge in [0.05, 0.1) is 17.9 Å². The Bertz CT molecular complexity index is 1010. The number of aromatic amines is 1. The Hall–Kier alpha value is -2.97. The van der Waals surface area contributed by atoms with Crippen LogP contribution in [-0.4, -0.2) is 56.1 Å². The van der Waals surface area contributed by atoms with Crippen molar-refractivity contribution in [2.24, 2.45) is 7.05 Å². The van der Waals surface area contributed by atoms with Gasteiger partial charge in [0.15, 0.2) is 11.5 Å². The maximum absolute atomic E-state index is 12.2. The third kappa shape index (κ3) is 2.42. The Balaban J connectivity index is 1.31. The van der Waals surface area contributed by atoms with E-state index in [1.165, 1.54) is 12.8 Å². The summed E-state index contributed by atoms with van der Waals surface area (Å²) in [6, 6.07) is 4.40. The van der Waals surface area contributed by atoms with Gasteiger partial charge in [-0.05, 0) is 25.0 Å². The quantitative estimate of drug-likeness (QED) is 0.736. The number of likely N-dealkylation sites (N-methyl/N-ethyl adjacent to an activating group) is 1. The molecule has 9 nitrogen and oxygen atoms in total. The molecule has 0 radical (unpaired) electrons. The van der Waals surface area contributed by atoms with Gasteiger partial charge in [-0.2, -0.15) is 15.2 Å². The van der Waals surface area contributed by atoms with Crippen molar-refractivity contribution in [1.82, 2.24) is 29.9 Å². The minimum atomic E-state index is -0.164. The van der Waals surface area contributed by atoms with Gasteiger partial charge in [0.2, 0.25) is 5.95 Å². The highest BCUT2D eigenvalue weighted by molar-refractivity contribution is 5.74. The van der Waals surface area contributed by atoms with Crippen LogP contribution in [0.2, 0.25) is 0 Å². The van der Waals surface area contributed by atoms with E-state index in [4.69, 9.17) is 0 Å². The second-order valence-corrected chi connectivity index (χ2v) is 7.16. The van der Waals surface area contributed by atoms with Gasteiger partial charge >= 0.3 is 0 Å². The minimum absolute atomic E-state index is 0.164. The molecule has 26 heavy (non-hydrogen) atoms. The predicted octanol–water partition coefficient (Wildman–Crippen LogP) is 0.649.